The van der Waals surface area contributed by atoms with E-state index in [9.17, 15) is 0 Å². The van der Waals surface area contributed by atoms with Crippen molar-refractivity contribution < 1.29 is 0 Å². The maximum Gasteiger partial charge on any atom is 0.182 e. The topological polar surface area (TPSA) is 53.9 Å². The molecule has 4 rings (SSSR count). The standard InChI is InChI=1S/C16H21N5S/c1-11-10-22-16(18-11)17-7-12-8-21(9-12)15-6-13-4-2-3-5-14(13)19-20-15/h6,10,12H,2-5,7-9H2,1H3,(H,17,18). The average molecular weight is 315 g/mol. The monoisotopic (exact) mass is 315 g/mol. The van der Waals surface area contributed by atoms with Crippen LogP contribution < -0.4 is 10.2 Å². The summed E-state index contributed by atoms with van der Waals surface area (Å²) in [6, 6.07) is 2.26. The van der Waals surface area contributed by atoms with Crippen molar-refractivity contribution in [1.29, 1.82) is 0 Å². The molecule has 1 fully saturated rings. The molecule has 0 radical (unpaired) electrons. The molecule has 2 aliphatic rings. The van der Waals surface area contributed by atoms with Gasteiger partial charge in [-0.05, 0) is 44.2 Å². The van der Waals surface area contributed by atoms with Crippen LogP contribution in [0.2, 0.25) is 0 Å². The Morgan fingerprint density at radius 2 is 2.14 bits per heavy atom. The van der Waals surface area contributed by atoms with Gasteiger partial charge < -0.3 is 10.2 Å². The van der Waals surface area contributed by atoms with Gasteiger partial charge in [-0.2, -0.15) is 5.10 Å². The predicted octanol–water partition coefficient (Wildman–Crippen LogP) is 2.67. The average Bonchev–Trinajstić information content (AvgIpc) is 2.91. The van der Waals surface area contributed by atoms with Crippen LogP contribution in [0.15, 0.2) is 11.4 Å². The molecule has 1 aliphatic carbocycles. The van der Waals surface area contributed by atoms with Crippen LogP contribution in [0.3, 0.4) is 0 Å². The van der Waals surface area contributed by atoms with Gasteiger partial charge in [0.1, 0.15) is 0 Å². The first-order valence-corrected chi connectivity index (χ1v) is 8.92. The summed E-state index contributed by atoms with van der Waals surface area (Å²) in [5, 5.41) is 15.4. The number of nitrogens with one attached hydrogen (secondary N) is 1. The maximum absolute atomic E-state index is 4.44. The van der Waals surface area contributed by atoms with Crippen molar-refractivity contribution in [2.45, 2.75) is 32.6 Å². The van der Waals surface area contributed by atoms with Gasteiger partial charge in [-0.1, -0.05) is 0 Å². The number of hydrogen-bond donors (Lipinski definition) is 1. The summed E-state index contributed by atoms with van der Waals surface area (Å²) in [5.41, 5.74) is 3.72. The van der Waals surface area contributed by atoms with Gasteiger partial charge in [-0.25, -0.2) is 4.98 Å². The number of fused-ring (bicyclic) bond motifs is 1. The van der Waals surface area contributed by atoms with Crippen molar-refractivity contribution in [3.05, 3.63) is 28.4 Å². The third-order valence-corrected chi connectivity index (χ3v) is 5.42. The molecule has 0 spiro atoms. The molecule has 22 heavy (non-hydrogen) atoms. The van der Waals surface area contributed by atoms with E-state index in [1.807, 2.05) is 6.92 Å². The summed E-state index contributed by atoms with van der Waals surface area (Å²) >= 11 is 1.68. The highest BCUT2D eigenvalue weighted by molar-refractivity contribution is 7.13. The molecule has 2 aromatic heterocycles. The van der Waals surface area contributed by atoms with Crippen LogP contribution in [0.4, 0.5) is 10.9 Å². The van der Waals surface area contributed by atoms with E-state index < -0.39 is 0 Å². The zero-order valence-electron chi connectivity index (χ0n) is 12.9. The molecule has 1 N–H and O–H groups in total. The van der Waals surface area contributed by atoms with E-state index in [1.54, 1.807) is 11.3 Å². The Morgan fingerprint density at radius 1 is 1.27 bits per heavy atom. The first-order chi connectivity index (χ1) is 10.8. The highest BCUT2D eigenvalue weighted by Crippen LogP contribution is 2.27. The van der Waals surface area contributed by atoms with Crippen LogP contribution in [-0.4, -0.2) is 34.8 Å². The number of hydrogen-bond acceptors (Lipinski definition) is 6. The highest BCUT2D eigenvalue weighted by Gasteiger charge is 2.28. The molecule has 0 bridgehead atoms. The lowest BCUT2D eigenvalue weighted by Crippen LogP contribution is -2.50. The highest BCUT2D eigenvalue weighted by atomic mass is 32.1. The Bertz CT molecular complexity index is 662. The van der Waals surface area contributed by atoms with Gasteiger partial charge in [0.15, 0.2) is 10.9 Å². The first-order valence-electron chi connectivity index (χ1n) is 8.04. The fourth-order valence-corrected chi connectivity index (χ4v) is 3.88. The molecule has 0 unspecified atom stereocenters. The summed E-state index contributed by atoms with van der Waals surface area (Å²) in [7, 11) is 0. The molecule has 5 nitrogen and oxygen atoms in total. The molecule has 3 heterocycles. The molecule has 6 heteroatoms. The third kappa shape index (κ3) is 2.79. The van der Waals surface area contributed by atoms with Crippen molar-refractivity contribution in [2.75, 3.05) is 29.9 Å². The van der Waals surface area contributed by atoms with E-state index in [4.69, 9.17) is 0 Å². The zero-order chi connectivity index (χ0) is 14.9. The van der Waals surface area contributed by atoms with Crippen molar-refractivity contribution in [2.24, 2.45) is 5.92 Å². The van der Waals surface area contributed by atoms with Crippen LogP contribution in [0.25, 0.3) is 0 Å². The molecule has 0 aromatic carbocycles. The van der Waals surface area contributed by atoms with E-state index in [0.717, 1.165) is 42.7 Å². The minimum absolute atomic E-state index is 0.669. The summed E-state index contributed by atoms with van der Waals surface area (Å²) < 4.78 is 0. The second-order valence-corrected chi connectivity index (χ2v) is 7.19. The molecule has 1 saturated heterocycles. The quantitative estimate of drug-likeness (QED) is 0.940. The molecule has 0 saturated carbocycles. The van der Waals surface area contributed by atoms with Crippen LogP contribution in [0, 0.1) is 12.8 Å². The van der Waals surface area contributed by atoms with Gasteiger partial charge in [0.05, 0.1) is 11.4 Å². The maximum atomic E-state index is 4.44. The van der Waals surface area contributed by atoms with E-state index in [2.05, 4.69) is 36.8 Å². The molecular weight excluding hydrogens is 294 g/mol. The lowest BCUT2D eigenvalue weighted by Gasteiger charge is -2.40. The van der Waals surface area contributed by atoms with Crippen molar-refractivity contribution in [3.8, 4) is 0 Å². The molecule has 116 valence electrons. The lowest BCUT2D eigenvalue weighted by molar-refractivity contribution is 0.424. The number of rotatable bonds is 4. The summed E-state index contributed by atoms with van der Waals surface area (Å²) in [6.07, 6.45) is 4.81. The van der Waals surface area contributed by atoms with Crippen LogP contribution in [0.1, 0.15) is 29.8 Å². The van der Waals surface area contributed by atoms with Gasteiger partial charge >= 0.3 is 0 Å². The van der Waals surface area contributed by atoms with E-state index >= 15 is 0 Å². The molecule has 1 aliphatic heterocycles. The Balaban J connectivity index is 1.31. The van der Waals surface area contributed by atoms with Crippen LogP contribution >= 0.6 is 11.3 Å². The Kier molecular flexibility index (Phi) is 3.70. The Labute approximate surface area is 134 Å². The summed E-state index contributed by atoms with van der Waals surface area (Å²) in [5.74, 6) is 1.73. The first kappa shape index (κ1) is 13.9. The fourth-order valence-electron chi connectivity index (χ4n) is 3.19. The van der Waals surface area contributed by atoms with Crippen LogP contribution in [0.5, 0.6) is 0 Å². The smallest absolute Gasteiger partial charge is 0.182 e. The number of nitrogens with zero attached hydrogens (tertiary/aromatic N) is 4. The van der Waals surface area contributed by atoms with Gasteiger partial charge in [-0.15, -0.1) is 16.4 Å². The number of aromatic nitrogens is 3. The predicted molar refractivity (Wildman–Crippen MR) is 89.7 cm³/mol. The van der Waals surface area contributed by atoms with Crippen molar-refractivity contribution in [1.82, 2.24) is 15.2 Å². The van der Waals surface area contributed by atoms with Gasteiger partial charge in [0, 0.05) is 30.9 Å². The largest absolute Gasteiger partial charge is 0.361 e. The van der Waals surface area contributed by atoms with Crippen molar-refractivity contribution >= 4 is 22.3 Å². The molecule has 0 amide bonds. The lowest BCUT2D eigenvalue weighted by atomic mass is 9.95. The van der Waals surface area contributed by atoms with Gasteiger partial charge in [-0.3, -0.25) is 0 Å². The summed E-state index contributed by atoms with van der Waals surface area (Å²) in [4.78, 5) is 6.77. The van der Waals surface area contributed by atoms with Gasteiger partial charge in [0.2, 0.25) is 0 Å². The van der Waals surface area contributed by atoms with Crippen molar-refractivity contribution in [3.63, 3.8) is 0 Å². The second kappa shape index (κ2) is 5.83. The third-order valence-electron chi connectivity index (χ3n) is 4.50. The Morgan fingerprint density at radius 3 is 2.95 bits per heavy atom. The van der Waals surface area contributed by atoms with E-state index in [-0.39, 0.29) is 0 Å². The fraction of sp³-hybridized carbons (Fsp3) is 0.562. The normalized spacial score (nSPS) is 18.0. The number of aryl methyl sites for hydroxylation is 3. The van der Waals surface area contributed by atoms with Crippen LogP contribution in [-0.2, 0) is 12.8 Å². The van der Waals surface area contributed by atoms with E-state index in [1.165, 1.54) is 30.5 Å². The minimum atomic E-state index is 0.669. The molecular formula is C16H21N5S. The van der Waals surface area contributed by atoms with E-state index in [0.29, 0.717) is 5.92 Å². The molecule has 2 aromatic rings. The zero-order valence-corrected chi connectivity index (χ0v) is 13.7. The molecule has 0 atom stereocenters. The number of anilines is 2. The minimum Gasteiger partial charge on any atom is -0.361 e. The second-order valence-electron chi connectivity index (χ2n) is 6.33. The number of thiazole rings is 1. The Hall–Kier alpha value is -1.69. The SMILES string of the molecule is Cc1csc(NCC2CN(c3cc4c(nn3)CCCC4)C2)n1. The summed E-state index contributed by atoms with van der Waals surface area (Å²) in [6.45, 7) is 5.14. The van der Waals surface area contributed by atoms with Gasteiger partial charge in [0.25, 0.3) is 0 Å².